The molecule has 4 heteroatoms. The van der Waals surface area contributed by atoms with Gasteiger partial charge in [-0.2, -0.15) is 11.8 Å². The predicted octanol–water partition coefficient (Wildman–Crippen LogP) is 4.74. The molecule has 0 aromatic carbocycles. The van der Waals surface area contributed by atoms with Gasteiger partial charge < -0.3 is 9.64 Å². The molecule has 1 saturated heterocycles. The topological polar surface area (TPSA) is 29.5 Å². The highest BCUT2D eigenvalue weighted by Gasteiger charge is 2.62. The second-order valence-electron chi connectivity index (χ2n) is 10.8. The molecule has 27 heavy (non-hydrogen) atoms. The zero-order valence-corrected chi connectivity index (χ0v) is 18.4. The van der Waals surface area contributed by atoms with E-state index >= 15 is 0 Å². The Labute approximate surface area is 169 Å². The largest absolute Gasteiger partial charge is 0.374 e. The summed E-state index contributed by atoms with van der Waals surface area (Å²) in [6.45, 7) is 5.10. The van der Waals surface area contributed by atoms with Crippen LogP contribution in [0.1, 0.15) is 71.6 Å². The first-order valence-corrected chi connectivity index (χ1v) is 12.6. The molecule has 5 rings (SSSR count). The Morgan fingerprint density at radius 2 is 1.74 bits per heavy atom. The van der Waals surface area contributed by atoms with Crippen molar-refractivity contribution in [1.82, 2.24) is 4.90 Å². The summed E-state index contributed by atoms with van der Waals surface area (Å²) in [7, 11) is 2.08. The SMILES string of the molecule is CSC1C[C@@]2(C)C(CC[C@@H]3[C@H]2CC[C@]2(C)C(OC4CC4)CC[C@@H]32)N(C)C1=O. The van der Waals surface area contributed by atoms with E-state index in [2.05, 4.69) is 32.1 Å². The Morgan fingerprint density at radius 3 is 2.44 bits per heavy atom. The summed E-state index contributed by atoms with van der Waals surface area (Å²) < 4.78 is 6.52. The van der Waals surface area contributed by atoms with Crippen LogP contribution in [-0.2, 0) is 9.53 Å². The number of piperidine rings is 1. The minimum absolute atomic E-state index is 0.165. The highest BCUT2D eigenvalue weighted by molar-refractivity contribution is 7.99. The summed E-state index contributed by atoms with van der Waals surface area (Å²) in [5.74, 6) is 2.86. The number of thioether (sulfide) groups is 1. The van der Waals surface area contributed by atoms with E-state index in [9.17, 15) is 4.79 Å². The zero-order chi connectivity index (χ0) is 19.0. The molecule has 0 radical (unpaired) electrons. The van der Waals surface area contributed by atoms with Gasteiger partial charge in [-0.1, -0.05) is 13.8 Å². The van der Waals surface area contributed by atoms with Crippen LogP contribution in [-0.4, -0.2) is 47.6 Å². The number of rotatable bonds is 3. The maximum atomic E-state index is 12.8. The number of carbonyl (C=O) groups excluding carboxylic acids is 1. The number of hydrogen-bond donors (Lipinski definition) is 0. The molecule has 1 aliphatic heterocycles. The first kappa shape index (κ1) is 18.8. The number of nitrogens with zero attached hydrogens (tertiary/aromatic N) is 1. The number of likely N-dealkylation sites (tertiary alicyclic amines) is 1. The van der Waals surface area contributed by atoms with Crippen molar-refractivity contribution >= 4 is 17.7 Å². The molecular weight excluding hydrogens is 354 g/mol. The van der Waals surface area contributed by atoms with Crippen LogP contribution in [0, 0.1) is 28.6 Å². The lowest BCUT2D eigenvalue weighted by molar-refractivity contribution is -0.161. The molecule has 4 aliphatic carbocycles. The fraction of sp³-hybridized carbons (Fsp3) is 0.957. The Morgan fingerprint density at radius 1 is 1.00 bits per heavy atom. The van der Waals surface area contributed by atoms with Gasteiger partial charge in [0.2, 0.25) is 5.91 Å². The van der Waals surface area contributed by atoms with Crippen LogP contribution in [0.2, 0.25) is 0 Å². The van der Waals surface area contributed by atoms with Crippen molar-refractivity contribution in [1.29, 1.82) is 0 Å². The van der Waals surface area contributed by atoms with Crippen molar-refractivity contribution in [2.45, 2.75) is 95.1 Å². The number of hydrogen-bond acceptors (Lipinski definition) is 3. The van der Waals surface area contributed by atoms with Crippen LogP contribution in [0.15, 0.2) is 0 Å². The van der Waals surface area contributed by atoms with E-state index in [0.717, 1.165) is 24.2 Å². The molecule has 5 fully saturated rings. The third-order valence-electron chi connectivity index (χ3n) is 9.61. The standard InChI is InChI=1S/C23H37NO2S/c1-22-12-11-17-15(16(22)8-10-20(22)26-14-5-6-14)7-9-19-23(17,2)13-18(27-4)21(25)24(19)3/h14-20H,5-13H2,1-4H3/t15-,16-,17+,18?,19?,20?,22-,23+/m0/s1. The van der Waals surface area contributed by atoms with Gasteiger partial charge in [0.15, 0.2) is 0 Å². The first-order chi connectivity index (χ1) is 12.9. The Hall–Kier alpha value is -0.220. The Bertz CT molecular complexity index is 621. The van der Waals surface area contributed by atoms with Crippen molar-refractivity contribution in [3.63, 3.8) is 0 Å². The summed E-state index contributed by atoms with van der Waals surface area (Å²) in [6, 6.07) is 0.457. The molecule has 1 amide bonds. The minimum Gasteiger partial charge on any atom is -0.374 e. The smallest absolute Gasteiger partial charge is 0.235 e. The Kier molecular flexibility index (Phi) is 4.44. The fourth-order valence-corrected chi connectivity index (χ4v) is 8.92. The van der Waals surface area contributed by atoms with E-state index in [1.54, 1.807) is 11.8 Å². The molecule has 1 heterocycles. The monoisotopic (exact) mass is 391 g/mol. The van der Waals surface area contributed by atoms with Crippen molar-refractivity contribution in [2.24, 2.45) is 28.6 Å². The third-order valence-corrected chi connectivity index (χ3v) is 10.6. The van der Waals surface area contributed by atoms with Gasteiger partial charge in [0.05, 0.1) is 17.5 Å². The van der Waals surface area contributed by atoms with Crippen molar-refractivity contribution in [3.05, 3.63) is 0 Å². The molecule has 8 atom stereocenters. The van der Waals surface area contributed by atoms with Crippen molar-refractivity contribution in [3.8, 4) is 0 Å². The highest BCUT2D eigenvalue weighted by Crippen LogP contribution is 2.65. The lowest BCUT2D eigenvalue weighted by Gasteiger charge is -2.62. The van der Waals surface area contributed by atoms with E-state index in [-0.39, 0.29) is 5.25 Å². The molecule has 0 bridgehead atoms. The fourth-order valence-electron chi connectivity index (χ4n) is 8.02. The van der Waals surface area contributed by atoms with Crippen LogP contribution in [0.4, 0.5) is 0 Å². The summed E-state index contributed by atoms with van der Waals surface area (Å²) in [5, 5.41) is 0.165. The summed E-state index contributed by atoms with van der Waals surface area (Å²) in [4.78, 5) is 14.9. The van der Waals surface area contributed by atoms with E-state index in [1.807, 2.05) is 0 Å². The zero-order valence-electron chi connectivity index (χ0n) is 17.6. The van der Waals surface area contributed by atoms with Gasteiger partial charge in [0.25, 0.3) is 0 Å². The molecule has 4 saturated carbocycles. The van der Waals surface area contributed by atoms with Gasteiger partial charge in [-0.25, -0.2) is 0 Å². The first-order valence-electron chi connectivity index (χ1n) is 11.3. The molecule has 5 aliphatic rings. The van der Waals surface area contributed by atoms with E-state index in [0.29, 0.717) is 35.0 Å². The van der Waals surface area contributed by atoms with E-state index in [4.69, 9.17) is 4.74 Å². The quantitative estimate of drug-likeness (QED) is 0.696. The number of ether oxygens (including phenoxy) is 1. The van der Waals surface area contributed by atoms with E-state index < -0.39 is 0 Å². The molecule has 0 aromatic rings. The minimum atomic E-state index is 0.165. The third kappa shape index (κ3) is 2.68. The summed E-state index contributed by atoms with van der Waals surface area (Å²) in [6.07, 6.45) is 14.8. The van der Waals surface area contributed by atoms with Gasteiger partial charge in [-0.05, 0) is 92.6 Å². The number of amides is 1. The van der Waals surface area contributed by atoms with Crippen LogP contribution in [0.3, 0.4) is 0 Å². The molecule has 152 valence electrons. The molecule has 3 unspecified atom stereocenters. The number of carbonyl (C=O) groups is 1. The van der Waals surface area contributed by atoms with Gasteiger partial charge in [-0.15, -0.1) is 0 Å². The van der Waals surface area contributed by atoms with Crippen LogP contribution in [0.25, 0.3) is 0 Å². The summed E-state index contributed by atoms with van der Waals surface area (Å²) >= 11 is 1.77. The number of fused-ring (bicyclic) bond motifs is 5. The average Bonchev–Trinajstić information content (AvgIpc) is 3.40. The van der Waals surface area contributed by atoms with Gasteiger partial charge in [-0.3, -0.25) is 4.79 Å². The van der Waals surface area contributed by atoms with Crippen molar-refractivity contribution < 1.29 is 9.53 Å². The normalized spacial score (nSPS) is 52.3. The maximum Gasteiger partial charge on any atom is 0.235 e. The second-order valence-corrected chi connectivity index (χ2v) is 11.8. The van der Waals surface area contributed by atoms with Gasteiger partial charge in [0.1, 0.15) is 0 Å². The average molecular weight is 392 g/mol. The maximum absolute atomic E-state index is 12.8. The molecule has 3 nitrogen and oxygen atoms in total. The second kappa shape index (κ2) is 6.39. The van der Waals surface area contributed by atoms with Gasteiger partial charge >= 0.3 is 0 Å². The predicted molar refractivity (Wildman–Crippen MR) is 111 cm³/mol. The molecule has 0 aromatic heterocycles. The highest BCUT2D eigenvalue weighted by atomic mass is 32.2. The van der Waals surface area contributed by atoms with Crippen LogP contribution < -0.4 is 0 Å². The molecule has 0 spiro atoms. The lowest BCUT2D eigenvalue weighted by atomic mass is 9.47. The van der Waals surface area contributed by atoms with Crippen LogP contribution in [0.5, 0.6) is 0 Å². The van der Waals surface area contributed by atoms with E-state index in [1.165, 1.54) is 51.4 Å². The van der Waals surface area contributed by atoms with Crippen molar-refractivity contribution in [2.75, 3.05) is 13.3 Å². The van der Waals surface area contributed by atoms with Crippen LogP contribution >= 0.6 is 11.8 Å². The lowest BCUT2D eigenvalue weighted by Crippen LogP contribution is -2.64. The summed E-state index contributed by atoms with van der Waals surface area (Å²) in [5.41, 5.74) is 0.707. The molecular formula is C23H37NO2S. The Balaban J connectivity index is 1.41. The molecule has 0 N–H and O–H groups in total. The van der Waals surface area contributed by atoms with Gasteiger partial charge in [0, 0.05) is 13.1 Å².